The fourth-order valence-electron chi connectivity index (χ4n) is 3.34. The summed E-state index contributed by atoms with van der Waals surface area (Å²) < 4.78 is 0. The summed E-state index contributed by atoms with van der Waals surface area (Å²) in [5.74, 6) is 0.443. The minimum absolute atomic E-state index is 0.443. The summed E-state index contributed by atoms with van der Waals surface area (Å²) in [5.41, 5.74) is 6.97. The molecule has 0 nitrogen and oxygen atoms in total. The van der Waals surface area contributed by atoms with Crippen LogP contribution < -0.4 is 0 Å². The molecule has 0 saturated carbocycles. The maximum atomic E-state index is 5.99. The van der Waals surface area contributed by atoms with Gasteiger partial charge in [0, 0.05) is 10.9 Å². The van der Waals surface area contributed by atoms with Gasteiger partial charge >= 0.3 is 0 Å². The summed E-state index contributed by atoms with van der Waals surface area (Å²) in [7, 11) is 0. The third-order valence-electron chi connectivity index (χ3n) is 4.32. The van der Waals surface area contributed by atoms with E-state index < -0.39 is 0 Å². The first-order valence-electron chi connectivity index (χ1n) is 7.25. The standard InChI is InChI=1S/C20H15Cl/c21-15-11-9-14(10-12-15)13-20-18-7-3-1-5-16(18)17-6-2-4-8-19(17)20/h1-12,20H,13H2. The van der Waals surface area contributed by atoms with Crippen molar-refractivity contribution in [1.82, 2.24) is 0 Å². The number of fused-ring (bicyclic) bond motifs is 3. The first kappa shape index (κ1) is 12.7. The van der Waals surface area contributed by atoms with E-state index in [9.17, 15) is 0 Å². The molecule has 4 rings (SSSR count). The zero-order valence-corrected chi connectivity index (χ0v) is 12.3. The van der Waals surface area contributed by atoms with E-state index in [0.717, 1.165) is 11.4 Å². The van der Waals surface area contributed by atoms with Crippen molar-refractivity contribution in [3.05, 3.63) is 94.5 Å². The monoisotopic (exact) mass is 290 g/mol. The van der Waals surface area contributed by atoms with E-state index in [-0.39, 0.29) is 0 Å². The second kappa shape index (κ2) is 5.05. The van der Waals surface area contributed by atoms with Crippen LogP contribution >= 0.6 is 11.6 Å². The normalized spacial score (nSPS) is 13.0. The van der Waals surface area contributed by atoms with Gasteiger partial charge in [0.25, 0.3) is 0 Å². The molecule has 0 bridgehead atoms. The molecule has 21 heavy (non-hydrogen) atoms. The molecule has 1 aliphatic carbocycles. The Hall–Kier alpha value is -2.05. The zero-order valence-electron chi connectivity index (χ0n) is 11.6. The molecule has 0 saturated heterocycles. The van der Waals surface area contributed by atoms with Crippen molar-refractivity contribution in [2.24, 2.45) is 0 Å². The predicted octanol–water partition coefficient (Wildman–Crippen LogP) is 5.70. The predicted molar refractivity (Wildman–Crippen MR) is 88.9 cm³/mol. The van der Waals surface area contributed by atoms with Crippen molar-refractivity contribution < 1.29 is 0 Å². The summed E-state index contributed by atoms with van der Waals surface area (Å²) in [4.78, 5) is 0. The van der Waals surface area contributed by atoms with Gasteiger partial charge in [-0.05, 0) is 46.4 Å². The number of halogens is 1. The maximum absolute atomic E-state index is 5.99. The van der Waals surface area contributed by atoms with Gasteiger partial charge in [-0.1, -0.05) is 72.3 Å². The zero-order chi connectivity index (χ0) is 14.2. The molecule has 102 valence electrons. The van der Waals surface area contributed by atoms with Gasteiger partial charge in [0.2, 0.25) is 0 Å². The second-order valence-electron chi connectivity index (χ2n) is 5.56. The molecule has 0 heterocycles. The molecule has 1 aliphatic rings. The van der Waals surface area contributed by atoms with E-state index in [1.54, 1.807) is 0 Å². The van der Waals surface area contributed by atoms with E-state index >= 15 is 0 Å². The third kappa shape index (κ3) is 2.16. The lowest BCUT2D eigenvalue weighted by atomic mass is 9.90. The van der Waals surface area contributed by atoms with Crippen molar-refractivity contribution >= 4 is 11.6 Å². The molecule has 0 unspecified atom stereocenters. The highest BCUT2D eigenvalue weighted by Crippen LogP contribution is 2.45. The fourth-order valence-corrected chi connectivity index (χ4v) is 3.46. The van der Waals surface area contributed by atoms with Gasteiger partial charge < -0.3 is 0 Å². The Morgan fingerprint density at radius 1 is 0.667 bits per heavy atom. The van der Waals surface area contributed by atoms with Crippen LogP contribution in [0.5, 0.6) is 0 Å². The van der Waals surface area contributed by atoms with Crippen molar-refractivity contribution in [3.63, 3.8) is 0 Å². The molecule has 0 radical (unpaired) electrons. The Labute approximate surface area is 130 Å². The van der Waals surface area contributed by atoms with Gasteiger partial charge in [-0.15, -0.1) is 0 Å². The SMILES string of the molecule is Clc1ccc(CC2c3ccccc3-c3ccccc32)cc1. The van der Waals surface area contributed by atoms with Crippen LogP contribution in [0.4, 0.5) is 0 Å². The lowest BCUT2D eigenvalue weighted by Crippen LogP contribution is -2.01. The summed E-state index contributed by atoms with van der Waals surface area (Å²) in [5, 5.41) is 0.797. The molecular formula is C20H15Cl. The first-order chi connectivity index (χ1) is 10.3. The highest BCUT2D eigenvalue weighted by molar-refractivity contribution is 6.30. The molecule has 0 spiro atoms. The first-order valence-corrected chi connectivity index (χ1v) is 7.63. The van der Waals surface area contributed by atoms with Crippen molar-refractivity contribution in [2.45, 2.75) is 12.3 Å². The smallest absolute Gasteiger partial charge is 0.0406 e. The minimum Gasteiger partial charge on any atom is -0.0843 e. The van der Waals surface area contributed by atoms with E-state index in [1.807, 2.05) is 12.1 Å². The van der Waals surface area contributed by atoms with Crippen LogP contribution in [0, 0.1) is 0 Å². The average Bonchev–Trinajstić information content (AvgIpc) is 2.85. The topological polar surface area (TPSA) is 0 Å². The van der Waals surface area contributed by atoms with Gasteiger partial charge in [-0.3, -0.25) is 0 Å². The summed E-state index contributed by atoms with van der Waals surface area (Å²) in [6.07, 6.45) is 1.02. The Bertz CT molecular complexity index is 741. The molecule has 3 aromatic rings. The quantitative estimate of drug-likeness (QED) is 0.568. The molecule has 0 N–H and O–H groups in total. The Balaban J connectivity index is 1.79. The molecule has 0 atom stereocenters. The maximum Gasteiger partial charge on any atom is 0.0406 e. The van der Waals surface area contributed by atoms with Crippen LogP contribution in [0.25, 0.3) is 11.1 Å². The van der Waals surface area contributed by atoms with E-state index in [2.05, 4.69) is 60.7 Å². The molecule has 0 fully saturated rings. The summed E-state index contributed by atoms with van der Waals surface area (Å²) in [6, 6.07) is 25.7. The number of hydrogen-bond donors (Lipinski definition) is 0. The van der Waals surface area contributed by atoms with Crippen LogP contribution in [-0.4, -0.2) is 0 Å². The molecule has 1 heteroatoms. The van der Waals surface area contributed by atoms with Crippen LogP contribution in [0.1, 0.15) is 22.6 Å². The van der Waals surface area contributed by atoms with Gasteiger partial charge in [0.05, 0.1) is 0 Å². The molecule has 0 aromatic heterocycles. The lowest BCUT2D eigenvalue weighted by Gasteiger charge is -2.13. The Morgan fingerprint density at radius 3 is 1.76 bits per heavy atom. The number of rotatable bonds is 2. The van der Waals surface area contributed by atoms with Crippen LogP contribution in [0.15, 0.2) is 72.8 Å². The molecule has 0 aliphatic heterocycles. The number of benzene rings is 3. The largest absolute Gasteiger partial charge is 0.0843 e. The molecule has 0 amide bonds. The number of hydrogen-bond acceptors (Lipinski definition) is 0. The van der Waals surface area contributed by atoms with Crippen molar-refractivity contribution in [2.75, 3.05) is 0 Å². The van der Waals surface area contributed by atoms with Crippen molar-refractivity contribution in [1.29, 1.82) is 0 Å². The van der Waals surface area contributed by atoms with Gasteiger partial charge in [-0.2, -0.15) is 0 Å². The minimum atomic E-state index is 0.443. The van der Waals surface area contributed by atoms with E-state index in [1.165, 1.54) is 27.8 Å². The third-order valence-corrected chi connectivity index (χ3v) is 4.57. The fraction of sp³-hybridized carbons (Fsp3) is 0.100. The van der Waals surface area contributed by atoms with Crippen LogP contribution in [-0.2, 0) is 6.42 Å². The van der Waals surface area contributed by atoms with Crippen molar-refractivity contribution in [3.8, 4) is 11.1 Å². The highest BCUT2D eigenvalue weighted by Gasteiger charge is 2.27. The van der Waals surface area contributed by atoms with Crippen LogP contribution in [0.3, 0.4) is 0 Å². The van der Waals surface area contributed by atoms with E-state index in [4.69, 9.17) is 11.6 Å². The Morgan fingerprint density at radius 2 is 1.19 bits per heavy atom. The lowest BCUT2D eigenvalue weighted by molar-refractivity contribution is 0.827. The van der Waals surface area contributed by atoms with E-state index in [0.29, 0.717) is 5.92 Å². The van der Waals surface area contributed by atoms with Crippen LogP contribution in [0.2, 0.25) is 5.02 Å². The molecular weight excluding hydrogens is 276 g/mol. The summed E-state index contributed by atoms with van der Waals surface area (Å²) >= 11 is 5.99. The second-order valence-corrected chi connectivity index (χ2v) is 5.99. The molecule has 3 aromatic carbocycles. The highest BCUT2D eigenvalue weighted by atomic mass is 35.5. The van der Waals surface area contributed by atoms with Gasteiger partial charge in [0.15, 0.2) is 0 Å². The summed E-state index contributed by atoms with van der Waals surface area (Å²) in [6.45, 7) is 0. The Kier molecular flexibility index (Phi) is 3.05. The van der Waals surface area contributed by atoms with Gasteiger partial charge in [-0.25, -0.2) is 0 Å². The average molecular weight is 291 g/mol. The van der Waals surface area contributed by atoms with Gasteiger partial charge in [0.1, 0.15) is 0 Å².